The number of hydrogen-bond acceptors (Lipinski definition) is 5. The second kappa shape index (κ2) is 14.4. The third kappa shape index (κ3) is 9.78. The standard InChI is InChI=1S/C23H25Cl4NO4/c1-3-16(2)32-28-15-17-5-7-18(8-6-17)29-10-4-11-31-23-20(24)13-19(14-21(23)25)30-12-9-22(26)27/h5-9,13-16H,3-4,10-12H2,1-2H3/b28-15+. The van der Waals surface area contributed by atoms with Gasteiger partial charge >= 0.3 is 0 Å². The fourth-order valence-electron chi connectivity index (χ4n) is 2.30. The van der Waals surface area contributed by atoms with Crippen LogP contribution >= 0.6 is 46.4 Å². The summed E-state index contributed by atoms with van der Waals surface area (Å²) in [4.78, 5) is 5.29. The van der Waals surface area contributed by atoms with Crippen LogP contribution in [0.3, 0.4) is 0 Å². The highest BCUT2D eigenvalue weighted by atomic mass is 35.5. The van der Waals surface area contributed by atoms with E-state index in [4.69, 9.17) is 65.5 Å². The summed E-state index contributed by atoms with van der Waals surface area (Å²) in [5.74, 6) is 1.64. The largest absolute Gasteiger partial charge is 0.493 e. The monoisotopic (exact) mass is 519 g/mol. The van der Waals surface area contributed by atoms with Gasteiger partial charge in [-0.1, -0.05) is 58.5 Å². The van der Waals surface area contributed by atoms with Crippen molar-refractivity contribution in [2.24, 2.45) is 5.16 Å². The number of oxime groups is 1. The van der Waals surface area contributed by atoms with Crippen molar-refractivity contribution in [1.29, 1.82) is 0 Å². The van der Waals surface area contributed by atoms with Crippen molar-refractivity contribution in [1.82, 2.24) is 0 Å². The van der Waals surface area contributed by atoms with E-state index in [0.717, 1.165) is 17.7 Å². The number of nitrogens with zero attached hydrogens (tertiary/aromatic N) is 1. The summed E-state index contributed by atoms with van der Waals surface area (Å²) in [6, 6.07) is 10.8. The van der Waals surface area contributed by atoms with Gasteiger partial charge in [0.25, 0.3) is 0 Å². The fourth-order valence-corrected chi connectivity index (χ4v) is 3.00. The summed E-state index contributed by atoms with van der Waals surface area (Å²) in [6.45, 7) is 5.09. The molecule has 174 valence electrons. The van der Waals surface area contributed by atoms with Crippen molar-refractivity contribution in [3.63, 3.8) is 0 Å². The molecule has 2 rings (SSSR count). The lowest BCUT2D eigenvalue weighted by molar-refractivity contribution is 0.0712. The molecule has 0 fully saturated rings. The highest BCUT2D eigenvalue weighted by Crippen LogP contribution is 2.37. The Labute approximate surface area is 208 Å². The highest BCUT2D eigenvalue weighted by molar-refractivity contribution is 6.55. The Hall–Kier alpha value is -1.79. The fraction of sp³-hybridized carbons (Fsp3) is 0.348. The molecular weight excluding hydrogens is 496 g/mol. The molecule has 0 spiro atoms. The zero-order chi connectivity index (χ0) is 23.3. The van der Waals surface area contributed by atoms with Crippen LogP contribution in [0.4, 0.5) is 0 Å². The zero-order valence-electron chi connectivity index (χ0n) is 17.8. The van der Waals surface area contributed by atoms with E-state index in [0.29, 0.717) is 41.2 Å². The second-order valence-electron chi connectivity index (χ2n) is 6.70. The number of hydrogen-bond donors (Lipinski definition) is 0. The van der Waals surface area contributed by atoms with E-state index < -0.39 is 0 Å². The molecule has 32 heavy (non-hydrogen) atoms. The van der Waals surface area contributed by atoms with Gasteiger partial charge in [0.1, 0.15) is 28.7 Å². The maximum atomic E-state index is 6.25. The van der Waals surface area contributed by atoms with Crippen molar-refractivity contribution in [2.75, 3.05) is 19.8 Å². The van der Waals surface area contributed by atoms with Gasteiger partial charge in [-0.2, -0.15) is 0 Å². The average molecular weight is 521 g/mol. The van der Waals surface area contributed by atoms with Gasteiger partial charge in [-0.15, -0.1) is 0 Å². The van der Waals surface area contributed by atoms with Crippen LogP contribution in [-0.4, -0.2) is 32.1 Å². The van der Waals surface area contributed by atoms with Crippen molar-refractivity contribution >= 4 is 52.6 Å². The summed E-state index contributed by atoms with van der Waals surface area (Å²) < 4.78 is 17.0. The van der Waals surface area contributed by atoms with Gasteiger partial charge in [-0.25, -0.2) is 0 Å². The predicted octanol–water partition coefficient (Wildman–Crippen LogP) is 7.69. The average Bonchev–Trinajstić information content (AvgIpc) is 2.75. The van der Waals surface area contributed by atoms with Gasteiger partial charge in [0.15, 0.2) is 5.75 Å². The first kappa shape index (κ1) is 26.5. The van der Waals surface area contributed by atoms with E-state index >= 15 is 0 Å². The van der Waals surface area contributed by atoms with Crippen LogP contribution in [0.5, 0.6) is 17.2 Å². The van der Waals surface area contributed by atoms with E-state index in [9.17, 15) is 0 Å². The Balaban J connectivity index is 1.74. The Morgan fingerprint density at radius 2 is 1.62 bits per heavy atom. The van der Waals surface area contributed by atoms with Gasteiger partial charge in [-0.3, -0.25) is 0 Å². The van der Waals surface area contributed by atoms with Crippen LogP contribution in [0.25, 0.3) is 0 Å². The van der Waals surface area contributed by atoms with E-state index in [1.807, 2.05) is 38.1 Å². The number of benzene rings is 2. The second-order valence-corrected chi connectivity index (χ2v) is 8.52. The van der Waals surface area contributed by atoms with Crippen molar-refractivity contribution in [2.45, 2.75) is 32.8 Å². The van der Waals surface area contributed by atoms with Crippen LogP contribution in [-0.2, 0) is 4.84 Å². The Kier molecular flexibility index (Phi) is 11.9. The molecule has 0 saturated heterocycles. The number of ether oxygens (including phenoxy) is 3. The maximum Gasteiger partial charge on any atom is 0.156 e. The molecule has 0 aliphatic rings. The van der Waals surface area contributed by atoms with Crippen LogP contribution < -0.4 is 14.2 Å². The molecule has 0 aliphatic heterocycles. The number of halogens is 4. The molecule has 5 nitrogen and oxygen atoms in total. The third-order valence-corrected chi connectivity index (χ3v) is 5.03. The molecule has 0 bridgehead atoms. The summed E-state index contributed by atoms with van der Waals surface area (Å²) in [5, 5.41) is 4.68. The van der Waals surface area contributed by atoms with E-state index in [1.54, 1.807) is 18.3 Å². The summed E-state index contributed by atoms with van der Waals surface area (Å²) >= 11 is 23.6. The van der Waals surface area contributed by atoms with E-state index in [2.05, 4.69) is 5.16 Å². The number of rotatable bonds is 13. The molecular formula is C23H25Cl4NO4. The van der Waals surface area contributed by atoms with Crippen LogP contribution in [0.2, 0.25) is 10.0 Å². The predicted molar refractivity (Wildman–Crippen MR) is 132 cm³/mol. The topological polar surface area (TPSA) is 49.3 Å². The minimum atomic E-state index is 0.102. The Morgan fingerprint density at radius 1 is 0.969 bits per heavy atom. The molecule has 9 heteroatoms. The molecule has 1 unspecified atom stereocenters. The Bertz CT molecular complexity index is 876. The van der Waals surface area contributed by atoms with Crippen LogP contribution in [0, 0.1) is 0 Å². The van der Waals surface area contributed by atoms with E-state index in [1.165, 1.54) is 6.08 Å². The Morgan fingerprint density at radius 3 is 2.25 bits per heavy atom. The third-order valence-electron chi connectivity index (χ3n) is 4.16. The van der Waals surface area contributed by atoms with Gasteiger partial charge in [0.2, 0.25) is 0 Å². The normalized spacial score (nSPS) is 11.8. The maximum absolute atomic E-state index is 6.25. The van der Waals surface area contributed by atoms with Crippen LogP contribution in [0.15, 0.2) is 52.1 Å². The SMILES string of the molecule is CCC(C)O/N=C/c1ccc(OCCCOc2c(Cl)cc(OCC=C(Cl)Cl)cc2Cl)cc1. The minimum Gasteiger partial charge on any atom is -0.493 e. The first-order valence-electron chi connectivity index (χ1n) is 10.1. The van der Waals surface area contributed by atoms with E-state index in [-0.39, 0.29) is 17.2 Å². The summed E-state index contributed by atoms with van der Waals surface area (Å²) in [6.07, 6.45) is 4.85. The molecule has 0 aliphatic carbocycles. The molecule has 0 saturated carbocycles. The van der Waals surface area contributed by atoms with Crippen molar-refractivity contribution < 1.29 is 19.0 Å². The highest BCUT2D eigenvalue weighted by Gasteiger charge is 2.10. The van der Waals surface area contributed by atoms with Crippen molar-refractivity contribution in [3.05, 3.63) is 62.6 Å². The van der Waals surface area contributed by atoms with Crippen molar-refractivity contribution in [3.8, 4) is 17.2 Å². The molecule has 2 aromatic rings. The molecule has 1 atom stereocenters. The van der Waals surface area contributed by atoms with Gasteiger partial charge in [0.05, 0.1) is 29.5 Å². The van der Waals surface area contributed by atoms with Gasteiger partial charge in [0, 0.05) is 18.6 Å². The smallest absolute Gasteiger partial charge is 0.156 e. The minimum absolute atomic E-state index is 0.102. The lowest BCUT2D eigenvalue weighted by Crippen LogP contribution is -2.06. The molecule has 0 N–H and O–H groups in total. The lowest BCUT2D eigenvalue weighted by atomic mass is 10.2. The first-order chi connectivity index (χ1) is 15.4. The molecule has 0 heterocycles. The first-order valence-corrected chi connectivity index (χ1v) is 11.6. The summed E-state index contributed by atoms with van der Waals surface area (Å²) in [7, 11) is 0. The molecule has 0 aromatic heterocycles. The lowest BCUT2D eigenvalue weighted by Gasteiger charge is -2.12. The van der Waals surface area contributed by atoms with Gasteiger partial charge in [-0.05, 0) is 49.2 Å². The molecule has 0 amide bonds. The summed E-state index contributed by atoms with van der Waals surface area (Å²) in [5.41, 5.74) is 0.933. The zero-order valence-corrected chi connectivity index (χ0v) is 20.8. The van der Waals surface area contributed by atoms with Gasteiger partial charge < -0.3 is 19.0 Å². The van der Waals surface area contributed by atoms with Crippen LogP contribution in [0.1, 0.15) is 32.3 Å². The quantitative estimate of drug-likeness (QED) is 0.154. The molecule has 0 radical (unpaired) electrons. The molecule has 2 aromatic carbocycles.